The topological polar surface area (TPSA) is 59.5 Å². The Bertz CT molecular complexity index is 523. The van der Waals surface area contributed by atoms with Crippen molar-refractivity contribution < 1.29 is 27.5 Å². The van der Waals surface area contributed by atoms with E-state index in [1.807, 2.05) is 0 Å². The molecule has 0 fully saturated rings. The summed E-state index contributed by atoms with van der Waals surface area (Å²) in [5.74, 6) is -1.67. The van der Waals surface area contributed by atoms with Crippen molar-refractivity contribution in [2.45, 2.75) is 12.6 Å². The van der Waals surface area contributed by atoms with Crippen molar-refractivity contribution in [3.8, 4) is 0 Å². The molecular weight excluding hydrogens is 313 g/mol. The minimum Gasteiger partial charge on any atom is -0.469 e. The lowest BCUT2D eigenvalue weighted by Gasteiger charge is -2.23. The summed E-state index contributed by atoms with van der Waals surface area (Å²) >= 11 is 5.60. The average Bonchev–Trinajstić information content (AvgIpc) is 2.41. The molecule has 0 unspecified atom stereocenters. The fraction of sp³-hybridized carbons (Fsp3) is 0.417. The molecule has 9 heteroatoms. The number of methoxy groups -OCH3 is 1. The largest absolute Gasteiger partial charge is 0.469 e. The lowest BCUT2D eigenvalue weighted by Crippen LogP contribution is -2.40. The Morgan fingerprint density at radius 3 is 2.57 bits per heavy atom. The van der Waals surface area contributed by atoms with E-state index in [9.17, 15) is 22.8 Å². The molecule has 1 rings (SSSR count). The number of aromatic nitrogens is 1. The molecule has 1 aromatic heterocycles. The van der Waals surface area contributed by atoms with Gasteiger partial charge in [-0.1, -0.05) is 17.7 Å². The number of hydrogen-bond donors (Lipinski definition) is 0. The van der Waals surface area contributed by atoms with Gasteiger partial charge in [-0.2, -0.15) is 13.2 Å². The van der Waals surface area contributed by atoms with Crippen LogP contribution in [0.2, 0.25) is 5.15 Å². The molecule has 5 nitrogen and oxygen atoms in total. The zero-order valence-electron chi connectivity index (χ0n) is 11.0. The van der Waals surface area contributed by atoms with Crippen LogP contribution in [-0.2, 0) is 9.53 Å². The lowest BCUT2D eigenvalue weighted by atomic mass is 10.3. The fourth-order valence-electron chi connectivity index (χ4n) is 1.49. The third-order valence-corrected chi connectivity index (χ3v) is 2.62. The average molecular weight is 325 g/mol. The van der Waals surface area contributed by atoms with E-state index in [0.717, 1.165) is 7.11 Å². The Labute approximate surface area is 123 Å². The molecule has 0 saturated carbocycles. The molecule has 21 heavy (non-hydrogen) atoms. The number of alkyl halides is 3. The Balaban J connectivity index is 2.89. The summed E-state index contributed by atoms with van der Waals surface area (Å²) in [4.78, 5) is 27.2. The van der Waals surface area contributed by atoms with Crippen LogP contribution in [0.15, 0.2) is 18.2 Å². The van der Waals surface area contributed by atoms with Crippen molar-refractivity contribution in [2.75, 3.05) is 20.2 Å². The van der Waals surface area contributed by atoms with Gasteiger partial charge in [0.1, 0.15) is 17.4 Å². The van der Waals surface area contributed by atoms with E-state index in [1.54, 1.807) is 0 Å². The van der Waals surface area contributed by atoms with E-state index in [0.29, 0.717) is 4.90 Å². The van der Waals surface area contributed by atoms with Gasteiger partial charge in [0.05, 0.1) is 13.5 Å². The van der Waals surface area contributed by atoms with Crippen molar-refractivity contribution in [3.05, 3.63) is 29.0 Å². The number of amides is 1. The van der Waals surface area contributed by atoms with Crippen LogP contribution in [0.1, 0.15) is 16.9 Å². The van der Waals surface area contributed by atoms with Gasteiger partial charge >= 0.3 is 12.1 Å². The second-order valence-corrected chi connectivity index (χ2v) is 4.40. The molecule has 0 aliphatic carbocycles. The van der Waals surface area contributed by atoms with E-state index in [4.69, 9.17) is 11.6 Å². The van der Waals surface area contributed by atoms with E-state index < -0.39 is 31.1 Å². The molecule has 1 heterocycles. The van der Waals surface area contributed by atoms with Crippen LogP contribution >= 0.6 is 11.6 Å². The summed E-state index contributed by atoms with van der Waals surface area (Å²) in [6, 6.07) is 4.03. The zero-order chi connectivity index (χ0) is 16.0. The molecule has 1 amide bonds. The smallest absolute Gasteiger partial charge is 0.406 e. The van der Waals surface area contributed by atoms with E-state index in [2.05, 4.69) is 9.72 Å². The monoisotopic (exact) mass is 324 g/mol. The number of esters is 1. The van der Waals surface area contributed by atoms with Crippen molar-refractivity contribution in [2.24, 2.45) is 0 Å². The van der Waals surface area contributed by atoms with Crippen molar-refractivity contribution in [1.29, 1.82) is 0 Å². The van der Waals surface area contributed by atoms with Crippen LogP contribution in [0.5, 0.6) is 0 Å². The maximum atomic E-state index is 12.5. The normalized spacial score (nSPS) is 11.1. The third-order valence-electron chi connectivity index (χ3n) is 2.41. The molecular formula is C12H12ClF3N2O3. The second kappa shape index (κ2) is 7.26. The predicted octanol–water partition coefficient (Wildman–Crippen LogP) is 2.30. The molecule has 0 atom stereocenters. The molecule has 0 aliphatic heterocycles. The van der Waals surface area contributed by atoms with Gasteiger partial charge in [-0.25, -0.2) is 4.98 Å². The number of nitrogens with zero attached hydrogens (tertiary/aromatic N) is 2. The highest BCUT2D eigenvalue weighted by Gasteiger charge is 2.34. The van der Waals surface area contributed by atoms with Gasteiger partial charge in [0.2, 0.25) is 0 Å². The molecule has 0 aromatic carbocycles. The standard InChI is InChI=1S/C12H12ClF3N2O3/c1-21-10(19)5-6-18(7-12(14,15)16)11(20)8-3-2-4-9(13)17-8/h2-4H,5-7H2,1H3. The van der Waals surface area contributed by atoms with E-state index in [-0.39, 0.29) is 17.3 Å². The van der Waals surface area contributed by atoms with Crippen LogP contribution in [-0.4, -0.2) is 48.1 Å². The Morgan fingerprint density at radius 1 is 1.38 bits per heavy atom. The molecule has 0 aliphatic rings. The minimum absolute atomic E-state index is 0.0132. The highest BCUT2D eigenvalue weighted by atomic mass is 35.5. The molecule has 0 spiro atoms. The van der Waals surface area contributed by atoms with Gasteiger partial charge in [0.25, 0.3) is 5.91 Å². The number of hydrogen-bond acceptors (Lipinski definition) is 4. The van der Waals surface area contributed by atoms with Crippen molar-refractivity contribution >= 4 is 23.5 Å². The van der Waals surface area contributed by atoms with Crippen LogP contribution in [0, 0.1) is 0 Å². The summed E-state index contributed by atoms with van der Waals surface area (Å²) in [6.45, 7) is -1.92. The van der Waals surface area contributed by atoms with E-state index >= 15 is 0 Å². The second-order valence-electron chi connectivity index (χ2n) is 4.01. The summed E-state index contributed by atoms with van der Waals surface area (Å²) < 4.78 is 41.9. The van der Waals surface area contributed by atoms with Gasteiger partial charge in [-0.3, -0.25) is 9.59 Å². The number of halogens is 4. The van der Waals surface area contributed by atoms with Gasteiger partial charge in [-0.15, -0.1) is 0 Å². The molecule has 1 aromatic rings. The van der Waals surface area contributed by atoms with Crippen molar-refractivity contribution in [3.63, 3.8) is 0 Å². The Kier molecular flexibility index (Phi) is 5.95. The first-order valence-electron chi connectivity index (χ1n) is 5.78. The quantitative estimate of drug-likeness (QED) is 0.616. The Hall–Kier alpha value is -1.83. The van der Waals surface area contributed by atoms with Crippen LogP contribution in [0.4, 0.5) is 13.2 Å². The van der Waals surface area contributed by atoms with Gasteiger partial charge in [-0.05, 0) is 12.1 Å². The van der Waals surface area contributed by atoms with Crippen LogP contribution in [0.3, 0.4) is 0 Å². The first-order chi connectivity index (χ1) is 9.73. The maximum absolute atomic E-state index is 12.5. The highest BCUT2D eigenvalue weighted by molar-refractivity contribution is 6.29. The zero-order valence-corrected chi connectivity index (χ0v) is 11.7. The number of ether oxygens (including phenoxy) is 1. The molecule has 116 valence electrons. The number of carbonyl (C=O) groups is 2. The Morgan fingerprint density at radius 2 is 2.05 bits per heavy atom. The van der Waals surface area contributed by atoms with Gasteiger partial charge < -0.3 is 9.64 Å². The molecule has 0 N–H and O–H groups in total. The number of rotatable bonds is 5. The third kappa shape index (κ3) is 5.99. The highest BCUT2D eigenvalue weighted by Crippen LogP contribution is 2.18. The first kappa shape index (κ1) is 17.2. The molecule has 0 radical (unpaired) electrons. The summed E-state index contributed by atoms with van der Waals surface area (Å²) in [7, 11) is 1.11. The summed E-state index contributed by atoms with van der Waals surface area (Å²) in [5, 5.41) is -0.0132. The maximum Gasteiger partial charge on any atom is 0.406 e. The molecule has 0 saturated heterocycles. The molecule has 0 bridgehead atoms. The summed E-state index contributed by atoms with van der Waals surface area (Å²) in [6.07, 6.45) is -4.94. The number of pyridine rings is 1. The summed E-state index contributed by atoms with van der Waals surface area (Å²) in [5.41, 5.74) is -0.225. The lowest BCUT2D eigenvalue weighted by molar-refractivity contribution is -0.147. The minimum atomic E-state index is -4.59. The SMILES string of the molecule is COC(=O)CCN(CC(F)(F)F)C(=O)c1cccc(Cl)n1. The van der Waals surface area contributed by atoms with Gasteiger partial charge in [0, 0.05) is 6.54 Å². The number of carbonyl (C=O) groups excluding carboxylic acids is 2. The first-order valence-corrected chi connectivity index (χ1v) is 6.16. The fourth-order valence-corrected chi connectivity index (χ4v) is 1.65. The predicted molar refractivity (Wildman–Crippen MR) is 67.8 cm³/mol. The van der Waals surface area contributed by atoms with E-state index in [1.165, 1.54) is 18.2 Å². The van der Waals surface area contributed by atoms with Crippen LogP contribution < -0.4 is 0 Å². The van der Waals surface area contributed by atoms with Crippen molar-refractivity contribution in [1.82, 2.24) is 9.88 Å². The van der Waals surface area contributed by atoms with Crippen LogP contribution in [0.25, 0.3) is 0 Å². The van der Waals surface area contributed by atoms with Gasteiger partial charge in [0.15, 0.2) is 0 Å².